The molecular formula is C27H33N5O5S2. The minimum atomic E-state index is -3.56. The topological polar surface area (TPSA) is 114 Å². The van der Waals surface area contributed by atoms with Crippen LogP contribution in [0.3, 0.4) is 0 Å². The molecule has 0 spiro atoms. The summed E-state index contributed by atoms with van der Waals surface area (Å²) in [5.41, 5.74) is 3.06. The highest BCUT2D eigenvalue weighted by Crippen LogP contribution is 2.30. The fourth-order valence-electron chi connectivity index (χ4n) is 4.88. The summed E-state index contributed by atoms with van der Waals surface area (Å²) < 4.78 is 31.7. The minimum absolute atomic E-state index is 0.157. The number of ether oxygens (including phenoxy) is 1. The Morgan fingerprint density at radius 3 is 2.56 bits per heavy atom. The number of carbonyl (C=O) groups excluding carboxylic acids is 2. The van der Waals surface area contributed by atoms with Crippen LogP contribution in [-0.4, -0.2) is 77.2 Å². The van der Waals surface area contributed by atoms with Crippen molar-refractivity contribution in [3.05, 3.63) is 53.7 Å². The van der Waals surface area contributed by atoms with Crippen molar-refractivity contribution in [2.24, 2.45) is 0 Å². The molecule has 2 aromatic heterocycles. The Balaban J connectivity index is 1.24. The Morgan fingerprint density at radius 1 is 1.15 bits per heavy atom. The lowest BCUT2D eigenvalue weighted by molar-refractivity contribution is -0.123. The van der Waals surface area contributed by atoms with Crippen molar-refractivity contribution < 1.29 is 22.7 Å². The molecule has 0 unspecified atom stereocenters. The largest absolute Gasteiger partial charge is 0.372 e. The maximum absolute atomic E-state index is 13.0. The van der Waals surface area contributed by atoms with Crippen molar-refractivity contribution in [1.29, 1.82) is 0 Å². The molecular weight excluding hydrogens is 538 g/mol. The van der Waals surface area contributed by atoms with E-state index in [-0.39, 0.29) is 29.6 Å². The van der Waals surface area contributed by atoms with Crippen molar-refractivity contribution in [2.75, 3.05) is 29.9 Å². The van der Waals surface area contributed by atoms with E-state index in [1.54, 1.807) is 13.8 Å². The Bertz CT molecular complexity index is 1470. The Kier molecular flexibility index (Phi) is 7.53. The summed E-state index contributed by atoms with van der Waals surface area (Å²) in [6, 6.07) is 9.01. The summed E-state index contributed by atoms with van der Waals surface area (Å²) in [5.74, 6) is -0.683. The van der Waals surface area contributed by atoms with Gasteiger partial charge in [0.2, 0.25) is 15.9 Å². The zero-order valence-electron chi connectivity index (χ0n) is 22.4. The molecule has 0 aliphatic carbocycles. The zero-order valence-corrected chi connectivity index (χ0v) is 24.0. The molecule has 12 heteroatoms. The van der Waals surface area contributed by atoms with Gasteiger partial charge in [-0.15, -0.1) is 11.3 Å². The van der Waals surface area contributed by atoms with Gasteiger partial charge in [0.1, 0.15) is 6.04 Å². The van der Waals surface area contributed by atoms with Gasteiger partial charge in [0.25, 0.3) is 5.91 Å². The maximum Gasteiger partial charge on any atom is 0.256 e. The second-order valence-electron chi connectivity index (χ2n) is 10.4. The van der Waals surface area contributed by atoms with Gasteiger partial charge in [-0.3, -0.25) is 13.6 Å². The van der Waals surface area contributed by atoms with Crippen molar-refractivity contribution in [2.45, 2.75) is 57.6 Å². The predicted molar refractivity (Wildman–Crippen MR) is 152 cm³/mol. The van der Waals surface area contributed by atoms with Gasteiger partial charge in [-0.1, -0.05) is 12.1 Å². The van der Waals surface area contributed by atoms with Crippen LogP contribution in [0.5, 0.6) is 0 Å². The second-order valence-corrected chi connectivity index (χ2v) is 13.6. The number of benzene rings is 1. The normalized spacial score (nSPS) is 21.6. The fraction of sp³-hybridized carbons (Fsp3) is 0.444. The van der Waals surface area contributed by atoms with Crippen molar-refractivity contribution in [3.8, 4) is 11.3 Å². The molecule has 5 rings (SSSR count). The number of nitrogens with one attached hydrogen (secondary N) is 1. The average molecular weight is 572 g/mol. The highest BCUT2D eigenvalue weighted by Gasteiger charge is 2.38. The average Bonchev–Trinajstić information content (AvgIpc) is 3.53. The molecule has 3 aromatic rings. The standard InChI is InChI=1S/C27H33N5O5S2/c1-17(2)39(35,36)31-10-8-21(15-31)26(34)32-11-9-24(32)25(33)29-27-28-23(16-38-27)20-6-5-7-22(12-20)30-13-18(3)37-19(4)14-30/h5-8,10,12,15-19,24H,9,11,13-14H2,1-4H3,(H,28,29,33)/t18-,19+,24-/m0/s1. The van der Waals surface area contributed by atoms with E-state index in [0.717, 1.165) is 34.0 Å². The first-order valence-corrected chi connectivity index (χ1v) is 15.4. The summed E-state index contributed by atoms with van der Waals surface area (Å²) in [6.07, 6.45) is 3.52. The van der Waals surface area contributed by atoms with Crippen LogP contribution in [0.15, 0.2) is 48.1 Å². The second kappa shape index (κ2) is 10.7. The number of carbonyl (C=O) groups is 2. The molecule has 2 amide bonds. The summed E-state index contributed by atoms with van der Waals surface area (Å²) in [6.45, 7) is 9.38. The number of hydrogen-bond donors (Lipinski definition) is 1. The predicted octanol–water partition coefficient (Wildman–Crippen LogP) is 3.66. The van der Waals surface area contributed by atoms with E-state index in [9.17, 15) is 18.0 Å². The van der Waals surface area contributed by atoms with Crippen LogP contribution in [0.25, 0.3) is 11.3 Å². The van der Waals surface area contributed by atoms with Crippen molar-refractivity contribution in [1.82, 2.24) is 13.9 Å². The number of amides is 2. The molecule has 1 N–H and O–H groups in total. The molecule has 4 heterocycles. The lowest BCUT2D eigenvalue weighted by Gasteiger charge is -2.39. The first-order valence-electron chi connectivity index (χ1n) is 13.0. The number of morpholine rings is 1. The summed E-state index contributed by atoms with van der Waals surface area (Å²) >= 11 is 1.33. The van der Waals surface area contributed by atoms with Crippen molar-refractivity contribution >= 4 is 44.0 Å². The summed E-state index contributed by atoms with van der Waals surface area (Å²) in [4.78, 5) is 34.4. The van der Waals surface area contributed by atoms with Crippen LogP contribution < -0.4 is 10.2 Å². The third-order valence-corrected chi connectivity index (χ3v) is 9.81. The minimum Gasteiger partial charge on any atom is -0.372 e. The van der Waals surface area contributed by atoms with Gasteiger partial charge in [0.05, 0.1) is 28.7 Å². The van der Waals surface area contributed by atoms with E-state index in [2.05, 4.69) is 41.2 Å². The van der Waals surface area contributed by atoms with Crippen molar-refractivity contribution in [3.63, 3.8) is 0 Å². The highest BCUT2D eigenvalue weighted by molar-refractivity contribution is 7.90. The van der Waals surface area contributed by atoms with Crippen LogP contribution in [0, 0.1) is 0 Å². The van der Waals surface area contributed by atoms with Gasteiger partial charge < -0.3 is 19.9 Å². The molecule has 0 saturated carbocycles. The SMILES string of the molecule is CC(C)S(=O)(=O)n1ccc(C(=O)N2CC[C@H]2C(=O)Nc2nc(-c3cccc(N4C[C@@H](C)O[C@@H](C)C4)c3)cs2)c1. The van der Waals surface area contributed by atoms with Crippen LogP contribution >= 0.6 is 11.3 Å². The number of rotatable bonds is 7. The van der Waals surface area contributed by atoms with E-state index >= 15 is 0 Å². The van der Waals surface area contributed by atoms with Crippen LogP contribution in [0.1, 0.15) is 44.5 Å². The lowest BCUT2D eigenvalue weighted by Crippen LogP contribution is -2.56. The summed E-state index contributed by atoms with van der Waals surface area (Å²) in [5, 5.41) is 4.60. The monoisotopic (exact) mass is 571 g/mol. The number of thiazole rings is 1. The third-order valence-electron chi connectivity index (χ3n) is 7.05. The summed E-state index contributed by atoms with van der Waals surface area (Å²) in [7, 11) is -3.56. The fourth-order valence-corrected chi connectivity index (χ4v) is 6.58. The molecule has 208 valence electrons. The molecule has 2 saturated heterocycles. The van der Waals surface area contributed by atoms with E-state index in [1.807, 2.05) is 17.5 Å². The molecule has 39 heavy (non-hydrogen) atoms. The molecule has 0 bridgehead atoms. The number of aromatic nitrogens is 2. The van der Waals surface area contributed by atoms with E-state index in [0.29, 0.717) is 18.1 Å². The smallest absolute Gasteiger partial charge is 0.256 e. The van der Waals surface area contributed by atoms with Gasteiger partial charge >= 0.3 is 0 Å². The first-order chi connectivity index (χ1) is 18.5. The molecule has 3 atom stereocenters. The lowest BCUT2D eigenvalue weighted by atomic mass is 10.0. The molecule has 10 nitrogen and oxygen atoms in total. The highest BCUT2D eigenvalue weighted by atomic mass is 32.2. The van der Waals surface area contributed by atoms with Crippen LogP contribution in [0.4, 0.5) is 10.8 Å². The van der Waals surface area contributed by atoms with Crippen LogP contribution in [-0.2, 0) is 19.6 Å². The Hall–Kier alpha value is -3.22. The molecule has 2 fully saturated rings. The van der Waals surface area contributed by atoms with E-state index < -0.39 is 21.3 Å². The number of hydrogen-bond acceptors (Lipinski definition) is 8. The third kappa shape index (κ3) is 5.59. The number of likely N-dealkylation sites (tertiary alicyclic amines) is 1. The molecule has 1 aromatic carbocycles. The van der Waals surface area contributed by atoms with Gasteiger partial charge in [-0.2, -0.15) is 0 Å². The maximum atomic E-state index is 13.0. The Labute approximate surface area is 232 Å². The van der Waals surface area contributed by atoms with Gasteiger partial charge in [0.15, 0.2) is 5.13 Å². The molecule has 2 aliphatic rings. The zero-order chi connectivity index (χ0) is 27.9. The van der Waals surface area contributed by atoms with Gasteiger partial charge in [-0.05, 0) is 52.3 Å². The van der Waals surface area contributed by atoms with Crippen LogP contribution in [0.2, 0.25) is 0 Å². The quantitative estimate of drug-likeness (QED) is 0.460. The Morgan fingerprint density at radius 2 is 1.90 bits per heavy atom. The molecule has 0 radical (unpaired) electrons. The number of nitrogens with zero attached hydrogens (tertiary/aromatic N) is 4. The van der Waals surface area contributed by atoms with E-state index in [1.165, 1.54) is 34.7 Å². The first kappa shape index (κ1) is 27.4. The van der Waals surface area contributed by atoms with E-state index in [4.69, 9.17) is 4.74 Å². The molecule has 2 aliphatic heterocycles. The van der Waals surface area contributed by atoms with Gasteiger partial charge in [0, 0.05) is 48.7 Å². The van der Waals surface area contributed by atoms with Gasteiger partial charge in [-0.25, -0.2) is 13.4 Å². The number of anilines is 2.